The molecule has 96 valence electrons. The first-order valence-electron chi connectivity index (χ1n) is 7.07. The maximum absolute atomic E-state index is 5.61. The van der Waals surface area contributed by atoms with E-state index in [1.54, 1.807) is 5.54 Å². The van der Waals surface area contributed by atoms with E-state index in [4.69, 9.17) is 11.6 Å². The maximum Gasteiger partial charge on any atom is 0.00316 e. The molecule has 0 heterocycles. The minimum atomic E-state index is 1.18. The molecule has 0 radical (unpaired) electrons. The molecule has 0 fully saturated rings. The number of halogens is 1. The SMILES string of the molecule is CCCCCCCCCCCC/C(C)=C/Cl. The van der Waals surface area contributed by atoms with Gasteiger partial charge in [0.2, 0.25) is 0 Å². The Labute approximate surface area is 107 Å². The highest BCUT2D eigenvalue weighted by Crippen LogP contribution is 2.13. The van der Waals surface area contributed by atoms with Crippen molar-refractivity contribution in [2.45, 2.75) is 84.5 Å². The van der Waals surface area contributed by atoms with Gasteiger partial charge in [-0.2, -0.15) is 0 Å². The normalized spacial score (nSPS) is 12.1. The van der Waals surface area contributed by atoms with Crippen molar-refractivity contribution in [3.05, 3.63) is 11.1 Å². The summed E-state index contributed by atoms with van der Waals surface area (Å²) < 4.78 is 0. The van der Waals surface area contributed by atoms with Crippen LogP contribution in [0.4, 0.5) is 0 Å². The molecule has 0 aliphatic carbocycles. The minimum absolute atomic E-state index is 1.18. The van der Waals surface area contributed by atoms with Crippen LogP contribution in [-0.4, -0.2) is 0 Å². The monoisotopic (exact) mass is 244 g/mol. The molecule has 0 N–H and O–H groups in total. The minimum Gasteiger partial charge on any atom is -0.0930 e. The van der Waals surface area contributed by atoms with Gasteiger partial charge in [0.15, 0.2) is 0 Å². The van der Waals surface area contributed by atoms with E-state index in [-0.39, 0.29) is 0 Å². The topological polar surface area (TPSA) is 0 Å². The van der Waals surface area contributed by atoms with Crippen molar-refractivity contribution >= 4 is 11.6 Å². The Morgan fingerprint density at radius 1 is 0.812 bits per heavy atom. The molecular weight excluding hydrogens is 216 g/mol. The fourth-order valence-electron chi connectivity index (χ4n) is 1.95. The van der Waals surface area contributed by atoms with Crippen LogP contribution in [0.2, 0.25) is 0 Å². The van der Waals surface area contributed by atoms with E-state index >= 15 is 0 Å². The smallest absolute Gasteiger partial charge is 0.00316 e. The van der Waals surface area contributed by atoms with Crippen molar-refractivity contribution < 1.29 is 0 Å². The highest BCUT2D eigenvalue weighted by atomic mass is 35.5. The second-order valence-corrected chi connectivity index (χ2v) is 5.11. The summed E-state index contributed by atoms with van der Waals surface area (Å²) in [6, 6.07) is 0. The molecule has 16 heavy (non-hydrogen) atoms. The van der Waals surface area contributed by atoms with Crippen molar-refractivity contribution in [2.75, 3.05) is 0 Å². The van der Waals surface area contributed by atoms with Gasteiger partial charge >= 0.3 is 0 Å². The Bertz CT molecular complexity index is 161. The molecule has 0 aromatic rings. The zero-order valence-corrected chi connectivity index (χ0v) is 12.0. The van der Waals surface area contributed by atoms with Crippen LogP contribution in [0.15, 0.2) is 11.1 Å². The summed E-state index contributed by atoms with van der Waals surface area (Å²) in [5, 5.41) is 0. The summed E-state index contributed by atoms with van der Waals surface area (Å²) in [6.45, 7) is 4.39. The molecule has 0 amide bonds. The summed E-state index contributed by atoms with van der Waals surface area (Å²) in [5.74, 6) is 0. The Hall–Kier alpha value is 0.0300. The summed E-state index contributed by atoms with van der Waals surface area (Å²) >= 11 is 5.61. The largest absolute Gasteiger partial charge is 0.0930 e. The van der Waals surface area contributed by atoms with Gasteiger partial charge in [-0.3, -0.25) is 0 Å². The van der Waals surface area contributed by atoms with Crippen LogP contribution in [0.3, 0.4) is 0 Å². The van der Waals surface area contributed by atoms with Crippen LogP contribution in [0.1, 0.15) is 84.5 Å². The molecule has 0 unspecified atom stereocenters. The van der Waals surface area contributed by atoms with Gasteiger partial charge in [0.25, 0.3) is 0 Å². The lowest BCUT2D eigenvalue weighted by molar-refractivity contribution is 0.556. The highest BCUT2D eigenvalue weighted by Gasteiger charge is 1.93. The number of allylic oxidation sites excluding steroid dienone is 1. The predicted molar refractivity (Wildman–Crippen MR) is 76.1 cm³/mol. The molecular formula is C15H29Cl. The molecule has 0 aromatic carbocycles. The average Bonchev–Trinajstić information content (AvgIpc) is 2.31. The quantitative estimate of drug-likeness (QED) is 0.367. The maximum atomic E-state index is 5.61. The molecule has 0 aliphatic rings. The van der Waals surface area contributed by atoms with E-state index < -0.39 is 0 Å². The van der Waals surface area contributed by atoms with Crippen LogP contribution in [0.25, 0.3) is 0 Å². The predicted octanol–water partition coefficient (Wildman–Crippen LogP) is 6.44. The summed E-state index contributed by atoms with van der Waals surface area (Å²) in [5.41, 5.74) is 3.04. The van der Waals surface area contributed by atoms with Crippen molar-refractivity contribution in [1.82, 2.24) is 0 Å². The van der Waals surface area contributed by atoms with Crippen LogP contribution >= 0.6 is 11.6 Å². The lowest BCUT2D eigenvalue weighted by Crippen LogP contribution is -1.82. The Morgan fingerprint density at radius 3 is 1.69 bits per heavy atom. The van der Waals surface area contributed by atoms with E-state index in [1.165, 1.54) is 76.2 Å². The van der Waals surface area contributed by atoms with Crippen molar-refractivity contribution in [3.63, 3.8) is 0 Å². The van der Waals surface area contributed by atoms with Gasteiger partial charge in [-0.05, 0) is 19.8 Å². The van der Waals surface area contributed by atoms with E-state index in [0.29, 0.717) is 0 Å². The zero-order valence-electron chi connectivity index (χ0n) is 11.2. The van der Waals surface area contributed by atoms with E-state index in [9.17, 15) is 0 Å². The Balaban J connectivity index is 2.99. The van der Waals surface area contributed by atoms with Crippen molar-refractivity contribution in [2.24, 2.45) is 0 Å². The number of unbranched alkanes of at least 4 members (excludes halogenated alkanes) is 9. The fraction of sp³-hybridized carbons (Fsp3) is 0.867. The number of hydrogen-bond acceptors (Lipinski definition) is 0. The first kappa shape index (κ1) is 16.0. The van der Waals surface area contributed by atoms with E-state index in [2.05, 4.69) is 13.8 Å². The molecule has 0 nitrogen and oxygen atoms in total. The Morgan fingerprint density at radius 2 is 1.25 bits per heavy atom. The molecule has 0 aromatic heterocycles. The van der Waals surface area contributed by atoms with Gasteiger partial charge in [0.05, 0.1) is 0 Å². The van der Waals surface area contributed by atoms with Crippen LogP contribution in [-0.2, 0) is 0 Å². The lowest BCUT2D eigenvalue weighted by Gasteiger charge is -2.02. The fourth-order valence-corrected chi connectivity index (χ4v) is 2.05. The van der Waals surface area contributed by atoms with E-state index in [1.807, 2.05) is 0 Å². The molecule has 0 rings (SSSR count). The molecule has 0 spiro atoms. The third-order valence-corrected chi connectivity index (χ3v) is 3.48. The van der Waals surface area contributed by atoms with Gasteiger partial charge in [-0.1, -0.05) is 81.9 Å². The third kappa shape index (κ3) is 12.1. The van der Waals surface area contributed by atoms with Crippen molar-refractivity contribution in [1.29, 1.82) is 0 Å². The Kier molecular flexibility index (Phi) is 13.1. The molecule has 0 bridgehead atoms. The third-order valence-electron chi connectivity index (χ3n) is 3.11. The second-order valence-electron chi connectivity index (χ2n) is 4.89. The molecule has 0 atom stereocenters. The zero-order chi connectivity index (χ0) is 12.1. The van der Waals surface area contributed by atoms with Crippen LogP contribution < -0.4 is 0 Å². The first-order chi connectivity index (χ1) is 7.81. The summed E-state index contributed by atoms with van der Waals surface area (Å²) in [7, 11) is 0. The molecule has 0 saturated carbocycles. The van der Waals surface area contributed by atoms with E-state index in [0.717, 1.165) is 0 Å². The summed E-state index contributed by atoms with van der Waals surface area (Å²) in [4.78, 5) is 0. The molecule has 0 aliphatic heterocycles. The van der Waals surface area contributed by atoms with Gasteiger partial charge in [0.1, 0.15) is 0 Å². The standard InChI is InChI=1S/C15H29Cl/c1-3-4-5-6-7-8-9-10-11-12-13-15(2)14-16/h14H,3-13H2,1-2H3/b15-14+. The average molecular weight is 245 g/mol. The second kappa shape index (κ2) is 13.1. The molecule has 0 saturated heterocycles. The van der Waals surface area contributed by atoms with Crippen LogP contribution in [0, 0.1) is 0 Å². The van der Waals surface area contributed by atoms with Gasteiger partial charge in [-0.25, -0.2) is 0 Å². The number of hydrogen-bond donors (Lipinski definition) is 0. The lowest BCUT2D eigenvalue weighted by atomic mass is 10.0. The van der Waals surface area contributed by atoms with Gasteiger partial charge < -0.3 is 0 Å². The van der Waals surface area contributed by atoms with Crippen molar-refractivity contribution in [3.8, 4) is 0 Å². The highest BCUT2D eigenvalue weighted by molar-refractivity contribution is 6.25. The van der Waals surface area contributed by atoms with Gasteiger partial charge in [0, 0.05) is 5.54 Å². The number of rotatable bonds is 11. The first-order valence-corrected chi connectivity index (χ1v) is 7.50. The molecule has 1 heteroatoms. The van der Waals surface area contributed by atoms with Crippen LogP contribution in [0.5, 0.6) is 0 Å². The van der Waals surface area contributed by atoms with Gasteiger partial charge in [-0.15, -0.1) is 0 Å². The summed E-state index contributed by atoms with van der Waals surface area (Å²) in [6.07, 6.45) is 15.2.